The predicted molar refractivity (Wildman–Crippen MR) is 333 cm³/mol. The Morgan fingerprint density at radius 3 is 0.857 bits per heavy atom. The molecule has 0 aromatic heterocycles. The minimum Gasteiger partial charge on any atom is -0.756 e. The molecule has 0 heterocycles. The van der Waals surface area contributed by atoms with E-state index < -0.39 is 13.9 Å². The molecule has 0 aliphatic heterocycles. The molecule has 0 bridgehead atoms. The van der Waals surface area contributed by atoms with Crippen molar-refractivity contribution in [3.8, 4) is 0 Å². The van der Waals surface area contributed by atoms with Crippen LogP contribution in [0, 0.1) is 0 Å². The van der Waals surface area contributed by atoms with Crippen molar-refractivity contribution >= 4 is 13.8 Å². The van der Waals surface area contributed by atoms with Crippen molar-refractivity contribution in [1.82, 2.24) is 0 Å². The average molecular weight is 1110 g/mol. The van der Waals surface area contributed by atoms with Crippen molar-refractivity contribution in [3.63, 3.8) is 0 Å². The minimum atomic E-state index is -4.53. The van der Waals surface area contributed by atoms with Crippen LogP contribution in [-0.2, 0) is 27.9 Å². The van der Waals surface area contributed by atoms with Crippen LogP contribution in [0.2, 0.25) is 0 Å². The van der Waals surface area contributed by atoms with Crippen LogP contribution in [0.5, 0.6) is 0 Å². The van der Waals surface area contributed by atoms with Gasteiger partial charge in [-0.2, -0.15) is 0 Å². The second-order valence-corrected chi connectivity index (χ2v) is 26.7. The van der Waals surface area contributed by atoms with Gasteiger partial charge in [0.2, 0.25) is 0 Å². The monoisotopic (exact) mass is 1110 g/mol. The normalized spacial score (nSPS) is 13.2. The van der Waals surface area contributed by atoms with Crippen LogP contribution in [0.4, 0.5) is 0 Å². The summed E-state index contributed by atoms with van der Waals surface area (Å²) in [5, 5.41) is 0. The number of hydrogen-bond acceptors (Lipinski definition) is 7. The zero-order valence-electron chi connectivity index (χ0n) is 53.0. The van der Waals surface area contributed by atoms with E-state index in [9.17, 15) is 14.3 Å². The first-order valence-electron chi connectivity index (χ1n) is 34.8. The molecule has 0 aliphatic rings. The van der Waals surface area contributed by atoms with E-state index in [0.717, 1.165) is 32.1 Å². The van der Waals surface area contributed by atoms with Crippen LogP contribution in [0.25, 0.3) is 0 Å². The van der Waals surface area contributed by atoms with E-state index >= 15 is 0 Å². The number of hydrogen-bond donors (Lipinski definition) is 0. The van der Waals surface area contributed by atoms with Crippen molar-refractivity contribution < 1.29 is 37.3 Å². The molecule has 9 heteroatoms. The van der Waals surface area contributed by atoms with Crippen LogP contribution < -0.4 is 4.89 Å². The van der Waals surface area contributed by atoms with Gasteiger partial charge < -0.3 is 27.9 Å². The summed E-state index contributed by atoms with van der Waals surface area (Å²) in [4.78, 5) is 25.4. The molecule has 2 atom stereocenters. The zero-order valence-corrected chi connectivity index (χ0v) is 53.9. The van der Waals surface area contributed by atoms with Gasteiger partial charge in [-0.25, -0.2) is 0 Å². The van der Waals surface area contributed by atoms with E-state index in [0.29, 0.717) is 24.1 Å². The van der Waals surface area contributed by atoms with E-state index in [4.69, 9.17) is 18.5 Å². The van der Waals surface area contributed by atoms with Gasteiger partial charge in [0.25, 0.3) is 7.82 Å². The first-order valence-corrected chi connectivity index (χ1v) is 36.2. The third-order valence-corrected chi connectivity index (χ3v) is 17.1. The molecular weight excluding hydrogens is 974 g/mol. The standard InChI is InChI=1S/C68H138NO7P/c1-6-8-10-12-14-16-18-20-22-24-26-28-29-30-31-32-33-34-35-36-37-38-39-40-41-42-43-45-47-49-51-53-55-57-59-61-68(70)76-67(66-75-77(71,72)74-64-62-69(3,4)5)65-73-63-60-58-56-54-52-50-48-46-44-27-25-23-21-19-17-15-13-11-9-7-2/h67H,6-66H2,1-5H3/t67-/m1/s1. The summed E-state index contributed by atoms with van der Waals surface area (Å²) in [6, 6.07) is 0. The predicted octanol–water partition coefficient (Wildman–Crippen LogP) is 22.0. The van der Waals surface area contributed by atoms with Crippen LogP contribution in [0.1, 0.15) is 373 Å². The number of carbonyl (C=O) groups is 1. The Morgan fingerprint density at radius 2 is 0.597 bits per heavy atom. The van der Waals surface area contributed by atoms with Gasteiger partial charge in [0, 0.05) is 13.0 Å². The fourth-order valence-electron chi connectivity index (χ4n) is 10.8. The maximum atomic E-state index is 12.8. The molecular formula is C68H138NO7P. The van der Waals surface area contributed by atoms with Crippen LogP contribution >= 0.6 is 7.82 Å². The molecule has 0 rings (SSSR count). The first-order chi connectivity index (χ1) is 37.6. The van der Waals surface area contributed by atoms with Crippen LogP contribution in [0.15, 0.2) is 0 Å². The number of unbranched alkanes of at least 4 members (excludes halogenated alkanes) is 53. The number of rotatable bonds is 67. The average Bonchev–Trinajstić information content (AvgIpc) is 3.40. The summed E-state index contributed by atoms with van der Waals surface area (Å²) >= 11 is 0. The number of nitrogens with zero attached hydrogens (tertiary/aromatic N) is 1. The van der Waals surface area contributed by atoms with Crippen molar-refractivity contribution in [2.45, 2.75) is 380 Å². The van der Waals surface area contributed by atoms with Crippen LogP contribution in [-0.4, -0.2) is 70.7 Å². The molecule has 0 fully saturated rings. The summed E-state index contributed by atoms with van der Waals surface area (Å²) in [6.45, 7) is 5.53. The van der Waals surface area contributed by atoms with E-state index in [1.807, 2.05) is 21.1 Å². The van der Waals surface area contributed by atoms with Gasteiger partial charge in [-0.05, 0) is 12.8 Å². The van der Waals surface area contributed by atoms with Gasteiger partial charge >= 0.3 is 5.97 Å². The molecule has 0 aromatic carbocycles. The SMILES string of the molecule is CCCCCCCCCCCCCCCCCCCCCCCCCCCCCCCCCCCCCC(=O)O[C@H](COCCCCCCCCCCCCCCCCCCCCCC)COP(=O)([O-])OCC[N+](C)(C)C. The quantitative estimate of drug-likeness (QED) is 0.0259. The Balaban J connectivity index is 3.84. The summed E-state index contributed by atoms with van der Waals surface area (Å²) in [5.41, 5.74) is 0. The Morgan fingerprint density at radius 1 is 0.351 bits per heavy atom. The first kappa shape index (κ1) is 76.5. The third-order valence-electron chi connectivity index (χ3n) is 16.2. The zero-order chi connectivity index (χ0) is 56.1. The van der Waals surface area contributed by atoms with Gasteiger partial charge in [0.1, 0.15) is 19.3 Å². The van der Waals surface area contributed by atoms with E-state index in [1.165, 1.54) is 321 Å². The minimum absolute atomic E-state index is 0.0322. The Bertz CT molecular complexity index is 1200. The van der Waals surface area contributed by atoms with Gasteiger partial charge in [0.05, 0.1) is 34.4 Å². The summed E-state index contributed by atoms with van der Waals surface area (Å²) in [5.74, 6) is -0.321. The highest BCUT2D eigenvalue weighted by Crippen LogP contribution is 2.38. The number of phosphoric acid groups is 1. The van der Waals surface area contributed by atoms with Gasteiger partial charge in [-0.15, -0.1) is 0 Å². The lowest BCUT2D eigenvalue weighted by atomic mass is 10.0. The molecule has 1 unspecified atom stereocenters. The summed E-state index contributed by atoms with van der Waals surface area (Å²) in [6.07, 6.45) is 74.9. The second kappa shape index (κ2) is 61.6. The van der Waals surface area contributed by atoms with E-state index in [2.05, 4.69) is 13.8 Å². The molecule has 0 saturated carbocycles. The van der Waals surface area contributed by atoms with Crippen LogP contribution in [0.3, 0.4) is 0 Å². The van der Waals surface area contributed by atoms with Crippen molar-refractivity contribution in [3.05, 3.63) is 0 Å². The lowest BCUT2D eigenvalue weighted by molar-refractivity contribution is -0.870. The topological polar surface area (TPSA) is 94.1 Å². The number of phosphoric ester groups is 1. The molecule has 0 aromatic rings. The fourth-order valence-corrected chi connectivity index (χ4v) is 11.6. The molecule has 0 radical (unpaired) electrons. The fraction of sp³-hybridized carbons (Fsp3) is 0.985. The maximum Gasteiger partial charge on any atom is 0.306 e. The maximum absolute atomic E-state index is 12.8. The number of quaternary nitrogens is 1. The molecule has 0 amide bonds. The highest BCUT2D eigenvalue weighted by atomic mass is 31.2. The molecule has 0 N–H and O–H groups in total. The van der Waals surface area contributed by atoms with Crippen molar-refractivity contribution in [1.29, 1.82) is 0 Å². The second-order valence-electron chi connectivity index (χ2n) is 25.3. The third kappa shape index (κ3) is 66.2. The van der Waals surface area contributed by atoms with Gasteiger partial charge in [-0.3, -0.25) is 9.36 Å². The summed E-state index contributed by atoms with van der Waals surface area (Å²) < 4.78 is 35.0. The Kier molecular flexibility index (Phi) is 61.2. The number of ether oxygens (including phenoxy) is 2. The molecule has 0 saturated heterocycles. The van der Waals surface area contributed by atoms with Gasteiger partial charge in [0.15, 0.2) is 0 Å². The molecule has 462 valence electrons. The highest BCUT2D eigenvalue weighted by molar-refractivity contribution is 7.45. The van der Waals surface area contributed by atoms with E-state index in [-0.39, 0.29) is 25.8 Å². The van der Waals surface area contributed by atoms with Gasteiger partial charge in [-0.1, -0.05) is 354 Å². The number of esters is 1. The smallest absolute Gasteiger partial charge is 0.306 e. The Hall–Kier alpha value is -0.500. The molecule has 0 spiro atoms. The Labute approximate surface area is 482 Å². The lowest BCUT2D eigenvalue weighted by Gasteiger charge is -2.28. The lowest BCUT2D eigenvalue weighted by Crippen LogP contribution is -2.37. The van der Waals surface area contributed by atoms with E-state index in [1.54, 1.807) is 0 Å². The van der Waals surface area contributed by atoms with Crippen molar-refractivity contribution in [2.24, 2.45) is 0 Å². The molecule has 77 heavy (non-hydrogen) atoms. The largest absolute Gasteiger partial charge is 0.756 e. The van der Waals surface area contributed by atoms with Crippen molar-refractivity contribution in [2.75, 3.05) is 54.1 Å². The highest BCUT2D eigenvalue weighted by Gasteiger charge is 2.20. The summed E-state index contributed by atoms with van der Waals surface area (Å²) in [7, 11) is 1.39. The molecule has 0 aliphatic carbocycles. The number of carbonyl (C=O) groups excluding carboxylic acids is 1. The number of likely N-dealkylation sites (N-methyl/N-ethyl adjacent to an activating group) is 1. The molecule has 8 nitrogen and oxygen atoms in total.